The normalized spacial score (nSPS) is 27.1. The summed E-state index contributed by atoms with van der Waals surface area (Å²) >= 11 is 0. The maximum absolute atomic E-state index is 2.79. The van der Waals surface area contributed by atoms with Crippen molar-refractivity contribution in [3.63, 3.8) is 0 Å². The van der Waals surface area contributed by atoms with Gasteiger partial charge in [0.05, 0.1) is 11.4 Å². The van der Waals surface area contributed by atoms with Crippen molar-refractivity contribution < 1.29 is 0 Å². The van der Waals surface area contributed by atoms with Crippen LogP contribution in [0.5, 0.6) is 0 Å². The summed E-state index contributed by atoms with van der Waals surface area (Å²) in [6.45, 7) is 4.88. The molecule has 56 heavy (non-hydrogen) atoms. The Balaban J connectivity index is 1.12. The summed E-state index contributed by atoms with van der Waals surface area (Å²) in [6, 6.07) is 50.6. The van der Waals surface area contributed by atoms with Gasteiger partial charge < -0.3 is 4.90 Å². The van der Waals surface area contributed by atoms with Crippen LogP contribution in [0.1, 0.15) is 111 Å². The number of anilines is 3. The standard InChI is InChI=1S/C55H51N/c1-53(2)44-18-7-4-14-39(44)41-25-24-38(33-48(41)53)56(49-22-13-21-47-51(49)43-16-6-8-19-45(43)54(47)26-10-3-11-27-54)50-23-12-17-42-40-15-5-9-20-46(40)55(52(42)50)36-29-34-28-35(31-36)32-37(55)30-34/h4-9,12-25,33-37H,3,10-11,26-32H2,1-2H3. The van der Waals surface area contributed by atoms with Crippen LogP contribution in [0.2, 0.25) is 0 Å². The number of fused-ring (bicyclic) bond motifs is 11. The lowest BCUT2D eigenvalue weighted by atomic mass is 9.43. The SMILES string of the molecule is CC1(C)c2ccccc2-c2ccc(N(c3cccc4c3-c3ccccc3C43CCCCC3)c3cccc4c3C3(c5ccccc5-4)C4CC5CC(C4)CC3C5)cc21. The maximum atomic E-state index is 2.79. The second-order valence-corrected chi connectivity index (χ2v) is 19.5. The first-order valence-corrected chi connectivity index (χ1v) is 22.0. The van der Waals surface area contributed by atoms with Gasteiger partial charge in [-0.3, -0.25) is 0 Å². The van der Waals surface area contributed by atoms with Crippen molar-refractivity contribution >= 4 is 17.1 Å². The van der Waals surface area contributed by atoms with Gasteiger partial charge in [0, 0.05) is 27.5 Å². The molecule has 8 aliphatic rings. The third-order valence-electron chi connectivity index (χ3n) is 16.8. The van der Waals surface area contributed by atoms with Crippen molar-refractivity contribution in [1.29, 1.82) is 0 Å². The first-order chi connectivity index (χ1) is 27.5. The molecule has 6 aromatic carbocycles. The number of rotatable bonds is 3. The fourth-order valence-corrected chi connectivity index (χ4v) is 15.0. The van der Waals surface area contributed by atoms with Crippen LogP contribution in [0.15, 0.2) is 127 Å². The summed E-state index contributed by atoms with van der Waals surface area (Å²) in [5, 5.41) is 0. The average Bonchev–Trinajstić information content (AvgIpc) is 3.77. The highest BCUT2D eigenvalue weighted by Crippen LogP contribution is 2.71. The van der Waals surface area contributed by atoms with Gasteiger partial charge in [0.15, 0.2) is 0 Å². The van der Waals surface area contributed by atoms with E-state index in [0.717, 1.165) is 11.8 Å². The molecule has 5 saturated carbocycles. The molecule has 14 rings (SSSR count). The predicted molar refractivity (Wildman–Crippen MR) is 231 cm³/mol. The number of benzene rings is 6. The quantitative estimate of drug-likeness (QED) is 0.176. The summed E-state index contributed by atoms with van der Waals surface area (Å²) in [5.41, 5.74) is 22.1. The Kier molecular flexibility index (Phi) is 6.42. The lowest BCUT2D eigenvalue weighted by Gasteiger charge is -2.61. The van der Waals surface area contributed by atoms with Crippen LogP contribution in [0.4, 0.5) is 17.1 Å². The van der Waals surface area contributed by atoms with Gasteiger partial charge in [-0.25, -0.2) is 0 Å². The first-order valence-electron chi connectivity index (χ1n) is 22.0. The van der Waals surface area contributed by atoms with E-state index < -0.39 is 0 Å². The van der Waals surface area contributed by atoms with Gasteiger partial charge >= 0.3 is 0 Å². The van der Waals surface area contributed by atoms with E-state index in [-0.39, 0.29) is 16.2 Å². The van der Waals surface area contributed by atoms with E-state index in [9.17, 15) is 0 Å². The summed E-state index contributed by atoms with van der Waals surface area (Å²) in [5.74, 6) is 3.21. The molecule has 0 unspecified atom stereocenters. The lowest BCUT2D eigenvalue weighted by Crippen LogP contribution is -2.55. The fraction of sp³-hybridized carbons (Fsp3) is 0.345. The van der Waals surface area contributed by atoms with E-state index in [0.29, 0.717) is 11.8 Å². The minimum Gasteiger partial charge on any atom is -0.310 e. The van der Waals surface area contributed by atoms with Crippen LogP contribution in [-0.2, 0) is 16.2 Å². The summed E-state index contributed by atoms with van der Waals surface area (Å²) in [7, 11) is 0. The van der Waals surface area contributed by atoms with Gasteiger partial charge in [-0.15, -0.1) is 0 Å². The van der Waals surface area contributed by atoms with Gasteiger partial charge in [-0.1, -0.05) is 136 Å². The van der Waals surface area contributed by atoms with Crippen LogP contribution in [0.3, 0.4) is 0 Å². The summed E-state index contributed by atoms with van der Waals surface area (Å²) < 4.78 is 0. The molecule has 0 aliphatic heterocycles. The highest BCUT2D eigenvalue weighted by Gasteiger charge is 2.62. The number of nitrogens with zero attached hydrogens (tertiary/aromatic N) is 1. The minimum atomic E-state index is -0.0808. The van der Waals surface area contributed by atoms with Gasteiger partial charge in [-0.05, 0) is 154 Å². The van der Waals surface area contributed by atoms with Gasteiger partial charge in [0.25, 0.3) is 0 Å². The van der Waals surface area contributed by atoms with Gasteiger partial charge in [0.2, 0.25) is 0 Å². The van der Waals surface area contributed by atoms with Crippen LogP contribution >= 0.6 is 0 Å². The van der Waals surface area contributed by atoms with E-state index in [4.69, 9.17) is 0 Å². The largest absolute Gasteiger partial charge is 0.310 e. The van der Waals surface area contributed by atoms with Gasteiger partial charge in [0.1, 0.15) is 0 Å². The molecule has 0 aromatic heterocycles. The van der Waals surface area contributed by atoms with Crippen molar-refractivity contribution in [2.24, 2.45) is 23.7 Å². The average molecular weight is 726 g/mol. The Morgan fingerprint density at radius 3 is 1.79 bits per heavy atom. The molecule has 0 N–H and O–H groups in total. The molecular formula is C55H51N. The molecule has 0 heterocycles. The smallest absolute Gasteiger partial charge is 0.0543 e. The van der Waals surface area contributed by atoms with Crippen molar-refractivity contribution in [2.45, 2.75) is 94.3 Å². The lowest BCUT2D eigenvalue weighted by molar-refractivity contribution is -0.0397. The Morgan fingerprint density at radius 2 is 1.04 bits per heavy atom. The van der Waals surface area contributed by atoms with Crippen LogP contribution in [-0.4, -0.2) is 0 Å². The van der Waals surface area contributed by atoms with Crippen molar-refractivity contribution in [2.75, 3.05) is 4.90 Å². The zero-order chi connectivity index (χ0) is 37.0. The van der Waals surface area contributed by atoms with E-state index in [1.807, 2.05) is 0 Å². The zero-order valence-electron chi connectivity index (χ0n) is 33.0. The van der Waals surface area contributed by atoms with E-state index in [2.05, 4.69) is 146 Å². The topological polar surface area (TPSA) is 3.24 Å². The predicted octanol–water partition coefficient (Wildman–Crippen LogP) is 14.4. The van der Waals surface area contributed by atoms with E-state index in [1.165, 1.54) is 126 Å². The third-order valence-corrected chi connectivity index (χ3v) is 16.8. The molecule has 0 atom stereocenters. The van der Waals surface area contributed by atoms with Crippen LogP contribution < -0.4 is 4.90 Å². The van der Waals surface area contributed by atoms with E-state index >= 15 is 0 Å². The minimum absolute atomic E-state index is 0.0564. The number of hydrogen-bond donors (Lipinski definition) is 0. The molecule has 8 aliphatic carbocycles. The summed E-state index contributed by atoms with van der Waals surface area (Å²) in [6.07, 6.45) is 13.5. The fourth-order valence-electron chi connectivity index (χ4n) is 15.0. The summed E-state index contributed by atoms with van der Waals surface area (Å²) in [4.78, 5) is 2.79. The molecule has 2 spiro atoms. The highest BCUT2D eigenvalue weighted by molar-refractivity contribution is 5.99. The highest BCUT2D eigenvalue weighted by atomic mass is 15.2. The number of hydrogen-bond acceptors (Lipinski definition) is 1. The first kappa shape index (κ1) is 32.2. The zero-order valence-corrected chi connectivity index (χ0v) is 33.0. The van der Waals surface area contributed by atoms with Crippen molar-refractivity contribution in [1.82, 2.24) is 0 Å². The van der Waals surface area contributed by atoms with Gasteiger partial charge in [-0.2, -0.15) is 0 Å². The second-order valence-electron chi connectivity index (χ2n) is 19.5. The van der Waals surface area contributed by atoms with Crippen LogP contribution in [0, 0.1) is 23.7 Å². The second kappa shape index (κ2) is 11.2. The molecule has 1 heteroatoms. The maximum Gasteiger partial charge on any atom is 0.0543 e. The molecule has 0 amide bonds. The van der Waals surface area contributed by atoms with E-state index in [1.54, 1.807) is 22.3 Å². The molecule has 0 radical (unpaired) electrons. The molecule has 1 nitrogen and oxygen atoms in total. The monoisotopic (exact) mass is 725 g/mol. The molecule has 276 valence electrons. The Morgan fingerprint density at radius 1 is 0.464 bits per heavy atom. The third kappa shape index (κ3) is 3.88. The molecule has 6 aromatic rings. The van der Waals surface area contributed by atoms with Crippen molar-refractivity contribution in [3.8, 4) is 33.4 Å². The molecule has 5 fully saturated rings. The Labute approximate surface area is 332 Å². The van der Waals surface area contributed by atoms with Crippen LogP contribution in [0.25, 0.3) is 33.4 Å². The Hall–Kier alpha value is -4.88. The molecular weight excluding hydrogens is 675 g/mol. The van der Waals surface area contributed by atoms with Crippen molar-refractivity contribution in [3.05, 3.63) is 161 Å². The molecule has 0 saturated heterocycles. The Bertz CT molecular complexity index is 2600. The molecule has 4 bridgehead atoms.